The van der Waals surface area contributed by atoms with Crippen molar-refractivity contribution in [2.45, 2.75) is 38.8 Å². The number of aromatic hydroxyl groups is 1. The predicted octanol–water partition coefficient (Wildman–Crippen LogP) is 4.72. The summed E-state index contributed by atoms with van der Waals surface area (Å²) in [5.74, 6) is 0.321. The molecule has 2 nitrogen and oxygen atoms in total. The summed E-state index contributed by atoms with van der Waals surface area (Å²) in [6.45, 7) is 4.37. The van der Waals surface area contributed by atoms with Crippen molar-refractivity contribution in [1.82, 2.24) is 5.32 Å². The van der Waals surface area contributed by atoms with E-state index in [1.54, 1.807) is 12.1 Å². The number of nitrogens with one attached hydrogen (secondary N) is 1. The van der Waals surface area contributed by atoms with Crippen LogP contribution < -0.4 is 5.32 Å². The highest BCUT2D eigenvalue weighted by Crippen LogP contribution is 2.18. The molecule has 0 fully saturated rings. The molecule has 0 bridgehead atoms. The molecule has 0 saturated heterocycles. The maximum absolute atomic E-state index is 9.28. The van der Waals surface area contributed by atoms with Crippen molar-refractivity contribution in [2.24, 2.45) is 0 Å². The molecule has 0 aliphatic carbocycles. The molecular formula is C18H22ClNO. The van der Waals surface area contributed by atoms with E-state index in [1.807, 2.05) is 24.3 Å². The fourth-order valence-corrected chi connectivity index (χ4v) is 2.53. The first kappa shape index (κ1) is 15.9. The number of phenolic OH excluding ortho intramolecular Hbond substituents is 1. The Morgan fingerprint density at radius 2 is 1.62 bits per heavy atom. The second kappa shape index (κ2) is 7.48. The number of hydrogen-bond acceptors (Lipinski definition) is 2. The molecule has 0 saturated carbocycles. The van der Waals surface area contributed by atoms with E-state index in [2.05, 4.69) is 31.3 Å². The Morgan fingerprint density at radius 3 is 2.24 bits per heavy atom. The summed E-state index contributed by atoms with van der Waals surface area (Å²) in [4.78, 5) is 0. The zero-order chi connectivity index (χ0) is 15.2. The minimum absolute atomic E-state index is 0.303. The van der Waals surface area contributed by atoms with Crippen LogP contribution in [0.1, 0.15) is 37.4 Å². The lowest BCUT2D eigenvalue weighted by Crippen LogP contribution is -2.29. The third-order valence-corrected chi connectivity index (χ3v) is 3.96. The van der Waals surface area contributed by atoms with Crippen molar-refractivity contribution in [3.63, 3.8) is 0 Å². The van der Waals surface area contributed by atoms with Crippen LogP contribution in [0.4, 0.5) is 0 Å². The zero-order valence-corrected chi connectivity index (χ0v) is 13.3. The monoisotopic (exact) mass is 303 g/mol. The van der Waals surface area contributed by atoms with E-state index in [0.29, 0.717) is 17.8 Å². The first-order valence-electron chi connectivity index (χ1n) is 7.34. The highest BCUT2D eigenvalue weighted by atomic mass is 35.5. The average Bonchev–Trinajstić information content (AvgIpc) is 2.47. The highest BCUT2D eigenvalue weighted by Gasteiger charge is 2.09. The molecule has 0 radical (unpaired) electrons. The van der Waals surface area contributed by atoms with Crippen molar-refractivity contribution in [2.75, 3.05) is 0 Å². The van der Waals surface area contributed by atoms with Crippen molar-refractivity contribution in [3.8, 4) is 5.75 Å². The van der Waals surface area contributed by atoms with Gasteiger partial charge in [-0.15, -0.1) is 0 Å². The lowest BCUT2D eigenvalue weighted by atomic mass is 10.0. The lowest BCUT2D eigenvalue weighted by Gasteiger charge is -2.20. The summed E-state index contributed by atoms with van der Waals surface area (Å²) in [5.41, 5.74) is 2.50. The van der Waals surface area contributed by atoms with Gasteiger partial charge in [-0.25, -0.2) is 0 Å². The molecule has 2 atom stereocenters. The second-order valence-corrected chi connectivity index (χ2v) is 5.98. The van der Waals surface area contributed by atoms with Gasteiger partial charge in [0.05, 0.1) is 0 Å². The number of hydrogen-bond donors (Lipinski definition) is 2. The van der Waals surface area contributed by atoms with Gasteiger partial charge in [-0.3, -0.25) is 0 Å². The summed E-state index contributed by atoms with van der Waals surface area (Å²) in [6, 6.07) is 16.1. The Labute approximate surface area is 131 Å². The number of phenols is 1. The molecule has 2 aromatic rings. The van der Waals surface area contributed by atoms with E-state index < -0.39 is 0 Å². The van der Waals surface area contributed by atoms with Crippen LogP contribution in [-0.4, -0.2) is 11.1 Å². The first-order chi connectivity index (χ1) is 10.0. The van der Waals surface area contributed by atoms with Crippen molar-refractivity contribution < 1.29 is 5.11 Å². The summed E-state index contributed by atoms with van der Waals surface area (Å²) < 4.78 is 0. The summed E-state index contributed by atoms with van der Waals surface area (Å²) in [7, 11) is 0. The van der Waals surface area contributed by atoms with Gasteiger partial charge in [0.1, 0.15) is 5.75 Å². The van der Waals surface area contributed by atoms with Crippen molar-refractivity contribution in [3.05, 3.63) is 64.7 Å². The van der Waals surface area contributed by atoms with Crippen molar-refractivity contribution >= 4 is 11.6 Å². The van der Waals surface area contributed by atoms with Gasteiger partial charge in [0.25, 0.3) is 0 Å². The Hall–Kier alpha value is -1.51. The average molecular weight is 304 g/mol. The van der Waals surface area contributed by atoms with Gasteiger partial charge in [-0.1, -0.05) is 35.9 Å². The molecule has 0 aliphatic heterocycles. The molecule has 0 spiro atoms. The van der Waals surface area contributed by atoms with Crippen LogP contribution in [0, 0.1) is 0 Å². The van der Waals surface area contributed by atoms with Gasteiger partial charge in [-0.2, -0.15) is 0 Å². The van der Waals surface area contributed by atoms with Gasteiger partial charge in [-0.05, 0) is 62.1 Å². The van der Waals surface area contributed by atoms with Gasteiger partial charge in [0.15, 0.2) is 0 Å². The molecule has 112 valence electrons. The number of halogens is 1. The number of aryl methyl sites for hydroxylation is 1. The highest BCUT2D eigenvalue weighted by molar-refractivity contribution is 6.30. The van der Waals surface area contributed by atoms with E-state index in [9.17, 15) is 5.11 Å². The molecular weight excluding hydrogens is 282 g/mol. The fourth-order valence-electron chi connectivity index (χ4n) is 2.40. The van der Waals surface area contributed by atoms with Crippen LogP contribution in [0.3, 0.4) is 0 Å². The molecule has 21 heavy (non-hydrogen) atoms. The van der Waals surface area contributed by atoms with E-state index in [4.69, 9.17) is 11.6 Å². The minimum atomic E-state index is 0.303. The van der Waals surface area contributed by atoms with E-state index in [0.717, 1.165) is 17.9 Å². The Bertz CT molecular complexity index is 550. The standard InChI is InChI=1S/C18H22ClNO/c1-13(3-4-15-5-11-18(21)12-6-15)20-14(2)16-7-9-17(19)10-8-16/h5-14,20-21H,3-4H2,1-2H3/t13?,14-/m0/s1. The van der Waals surface area contributed by atoms with Crippen LogP contribution in [0.5, 0.6) is 5.75 Å². The maximum atomic E-state index is 9.28. The number of rotatable bonds is 6. The third kappa shape index (κ3) is 5.07. The molecule has 2 aromatic carbocycles. The molecule has 1 unspecified atom stereocenters. The van der Waals surface area contributed by atoms with Crippen LogP contribution >= 0.6 is 11.6 Å². The molecule has 2 N–H and O–H groups in total. The van der Waals surface area contributed by atoms with Crippen molar-refractivity contribution in [1.29, 1.82) is 0 Å². The molecule has 2 rings (SSSR count). The molecule has 0 amide bonds. The van der Waals surface area contributed by atoms with Crippen LogP contribution in [0.25, 0.3) is 0 Å². The normalized spacial score (nSPS) is 13.9. The Morgan fingerprint density at radius 1 is 1.00 bits per heavy atom. The second-order valence-electron chi connectivity index (χ2n) is 5.55. The van der Waals surface area contributed by atoms with Gasteiger partial charge >= 0.3 is 0 Å². The predicted molar refractivity (Wildman–Crippen MR) is 88.9 cm³/mol. The van der Waals surface area contributed by atoms with E-state index in [-0.39, 0.29) is 0 Å². The minimum Gasteiger partial charge on any atom is -0.508 e. The summed E-state index contributed by atoms with van der Waals surface area (Å²) in [5, 5.41) is 13.7. The quantitative estimate of drug-likeness (QED) is 0.809. The van der Waals surface area contributed by atoms with Crippen LogP contribution in [0.2, 0.25) is 5.02 Å². The lowest BCUT2D eigenvalue weighted by molar-refractivity contribution is 0.456. The number of benzene rings is 2. The van der Waals surface area contributed by atoms with Crippen LogP contribution in [-0.2, 0) is 6.42 Å². The first-order valence-corrected chi connectivity index (χ1v) is 7.72. The SMILES string of the molecule is CC(CCc1ccc(O)cc1)N[C@@H](C)c1ccc(Cl)cc1. The van der Waals surface area contributed by atoms with E-state index >= 15 is 0 Å². The van der Waals surface area contributed by atoms with Gasteiger partial charge in [0, 0.05) is 17.1 Å². The topological polar surface area (TPSA) is 32.3 Å². The van der Waals surface area contributed by atoms with Gasteiger partial charge < -0.3 is 10.4 Å². The van der Waals surface area contributed by atoms with Gasteiger partial charge in [0.2, 0.25) is 0 Å². The maximum Gasteiger partial charge on any atom is 0.115 e. The largest absolute Gasteiger partial charge is 0.508 e. The molecule has 0 aliphatic rings. The molecule has 0 aromatic heterocycles. The van der Waals surface area contributed by atoms with E-state index in [1.165, 1.54) is 11.1 Å². The zero-order valence-electron chi connectivity index (χ0n) is 12.5. The molecule has 0 heterocycles. The Balaban J connectivity index is 1.82. The van der Waals surface area contributed by atoms with Crippen LogP contribution in [0.15, 0.2) is 48.5 Å². The summed E-state index contributed by atoms with van der Waals surface area (Å²) >= 11 is 5.91. The molecule has 3 heteroatoms. The smallest absolute Gasteiger partial charge is 0.115 e. The third-order valence-electron chi connectivity index (χ3n) is 3.71. The summed E-state index contributed by atoms with van der Waals surface area (Å²) in [6.07, 6.45) is 2.06. The fraction of sp³-hybridized carbons (Fsp3) is 0.333. The Kier molecular flexibility index (Phi) is 5.66.